The summed E-state index contributed by atoms with van der Waals surface area (Å²) >= 11 is 0. The Morgan fingerprint density at radius 1 is 0.938 bits per heavy atom. The first kappa shape index (κ1) is 12.2. The molecule has 0 bridgehead atoms. The van der Waals surface area contributed by atoms with Crippen molar-refractivity contribution < 1.29 is 5.32 Å². The van der Waals surface area contributed by atoms with Crippen molar-refractivity contribution in [3.63, 3.8) is 0 Å². The van der Waals surface area contributed by atoms with E-state index in [1.807, 2.05) is 0 Å². The lowest BCUT2D eigenvalue weighted by molar-refractivity contribution is -0.731. The molecule has 0 saturated heterocycles. The fraction of sp³-hybridized carbons (Fsp3) is 0.867. The Balaban J connectivity index is 1.82. The van der Waals surface area contributed by atoms with E-state index in [0.717, 1.165) is 18.0 Å². The zero-order valence-corrected chi connectivity index (χ0v) is 10.7. The second kappa shape index (κ2) is 6.44. The maximum atomic E-state index is 3.92. The summed E-state index contributed by atoms with van der Waals surface area (Å²) in [5, 5.41) is 2.74. The molecule has 2 aliphatic carbocycles. The lowest BCUT2D eigenvalue weighted by Crippen LogP contribution is -2.96. The van der Waals surface area contributed by atoms with E-state index in [1.165, 1.54) is 64.2 Å². The highest BCUT2D eigenvalue weighted by atomic mass is 15.0. The topological polar surface area (TPSA) is 16.6 Å². The Labute approximate surface area is 101 Å². The molecule has 0 amide bonds. The van der Waals surface area contributed by atoms with Crippen LogP contribution in [0.2, 0.25) is 0 Å². The second-order valence-corrected chi connectivity index (χ2v) is 5.82. The molecule has 2 fully saturated rings. The number of hydrogen-bond acceptors (Lipinski definition) is 0. The molecule has 2 atom stereocenters. The van der Waals surface area contributed by atoms with Crippen LogP contribution >= 0.6 is 0 Å². The number of nitrogens with two attached hydrogens (primary N) is 1. The van der Waals surface area contributed by atoms with Crippen molar-refractivity contribution in [2.45, 2.75) is 76.3 Å². The zero-order chi connectivity index (χ0) is 11.2. The summed E-state index contributed by atoms with van der Waals surface area (Å²) in [6.07, 6.45) is 16.6. The molecule has 2 saturated carbocycles. The van der Waals surface area contributed by atoms with Gasteiger partial charge in [-0.2, -0.15) is 0 Å². The van der Waals surface area contributed by atoms with Crippen LogP contribution in [0.5, 0.6) is 0 Å². The van der Waals surface area contributed by atoms with E-state index in [2.05, 4.69) is 18.0 Å². The normalized spacial score (nSPS) is 32.5. The number of allylic oxidation sites excluding steroid dienone is 1. The van der Waals surface area contributed by atoms with Gasteiger partial charge in [-0.1, -0.05) is 18.9 Å². The van der Waals surface area contributed by atoms with Gasteiger partial charge >= 0.3 is 0 Å². The second-order valence-electron chi connectivity index (χ2n) is 5.82. The molecular weight excluding hydrogens is 194 g/mol. The van der Waals surface area contributed by atoms with Crippen molar-refractivity contribution in [1.29, 1.82) is 0 Å². The molecule has 0 aromatic carbocycles. The van der Waals surface area contributed by atoms with Crippen LogP contribution in [-0.4, -0.2) is 12.1 Å². The number of rotatable bonds is 4. The lowest BCUT2D eigenvalue weighted by atomic mass is 9.81. The van der Waals surface area contributed by atoms with Gasteiger partial charge in [0, 0.05) is 5.92 Å². The van der Waals surface area contributed by atoms with Crippen molar-refractivity contribution in [3.05, 3.63) is 12.7 Å². The van der Waals surface area contributed by atoms with Crippen LogP contribution in [-0.2, 0) is 0 Å². The van der Waals surface area contributed by atoms with Crippen LogP contribution in [0.4, 0.5) is 0 Å². The first-order valence-electron chi connectivity index (χ1n) is 7.36. The summed E-state index contributed by atoms with van der Waals surface area (Å²) in [6.45, 7) is 3.92. The first-order valence-corrected chi connectivity index (χ1v) is 7.36. The molecule has 16 heavy (non-hydrogen) atoms. The van der Waals surface area contributed by atoms with E-state index < -0.39 is 0 Å². The predicted octanol–water partition coefficient (Wildman–Crippen LogP) is 3.02. The molecule has 1 heteroatoms. The third-order valence-electron chi connectivity index (χ3n) is 4.61. The summed E-state index contributed by atoms with van der Waals surface area (Å²) in [6, 6.07) is 1.86. The Morgan fingerprint density at radius 2 is 1.62 bits per heavy atom. The Morgan fingerprint density at radius 3 is 2.38 bits per heavy atom. The van der Waals surface area contributed by atoms with Gasteiger partial charge in [-0.25, -0.2) is 0 Å². The molecule has 0 unspecified atom stereocenters. The van der Waals surface area contributed by atoms with Gasteiger partial charge in [0.1, 0.15) is 0 Å². The molecule has 0 aliphatic heterocycles. The minimum absolute atomic E-state index is 0.912. The average molecular weight is 222 g/mol. The zero-order valence-electron chi connectivity index (χ0n) is 10.7. The van der Waals surface area contributed by atoms with Crippen molar-refractivity contribution in [1.82, 2.24) is 0 Å². The quantitative estimate of drug-likeness (QED) is 0.704. The smallest absolute Gasteiger partial charge is 0.0892 e. The largest absolute Gasteiger partial charge is 0.341 e. The van der Waals surface area contributed by atoms with Gasteiger partial charge < -0.3 is 5.32 Å². The minimum Gasteiger partial charge on any atom is -0.341 e. The van der Waals surface area contributed by atoms with Crippen LogP contribution < -0.4 is 5.32 Å². The van der Waals surface area contributed by atoms with E-state index in [9.17, 15) is 0 Å². The molecule has 2 rings (SSSR count). The molecule has 92 valence electrons. The molecule has 0 spiro atoms. The molecular formula is C15H28N+. The standard InChI is InChI=1S/C15H27N/c1-2-8-13-9-6-7-12-15(13)16-14-10-4-3-5-11-14/h2,13-16H,1,3-12H2/p+1/t13-,15+/m1/s1. The Hall–Kier alpha value is -0.300. The monoisotopic (exact) mass is 222 g/mol. The van der Waals surface area contributed by atoms with Crippen LogP contribution in [0.15, 0.2) is 12.7 Å². The van der Waals surface area contributed by atoms with Crippen LogP contribution in [0.1, 0.15) is 64.2 Å². The van der Waals surface area contributed by atoms with Crippen LogP contribution in [0.3, 0.4) is 0 Å². The Bertz CT molecular complexity index is 205. The maximum absolute atomic E-state index is 3.92. The number of hydrogen-bond donors (Lipinski definition) is 1. The third kappa shape index (κ3) is 3.35. The van der Waals surface area contributed by atoms with Gasteiger partial charge in [0.25, 0.3) is 0 Å². The average Bonchev–Trinajstić information content (AvgIpc) is 2.33. The summed E-state index contributed by atoms with van der Waals surface area (Å²) < 4.78 is 0. The highest BCUT2D eigenvalue weighted by Gasteiger charge is 2.29. The van der Waals surface area contributed by atoms with Gasteiger partial charge in [0.2, 0.25) is 0 Å². The first-order chi connectivity index (χ1) is 7.90. The van der Waals surface area contributed by atoms with E-state index in [4.69, 9.17) is 0 Å². The fourth-order valence-electron chi connectivity index (χ4n) is 3.67. The molecule has 2 N–H and O–H groups in total. The molecule has 1 nitrogen and oxygen atoms in total. The Kier molecular flexibility index (Phi) is 4.90. The van der Waals surface area contributed by atoms with Crippen molar-refractivity contribution in [2.75, 3.05) is 0 Å². The van der Waals surface area contributed by atoms with Gasteiger partial charge in [-0.3, -0.25) is 0 Å². The maximum Gasteiger partial charge on any atom is 0.0892 e. The third-order valence-corrected chi connectivity index (χ3v) is 4.61. The summed E-state index contributed by atoms with van der Waals surface area (Å²) in [4.78, 5) is 0. The van der Waals surface area contributed by atoms with Gasteiger partial charge in [-0.15, -0.1) is 6.58 Å². The molecule has 0 heterocycles. The molecule has 0 aromatic heterocycles. The van der Waals surface area contributed by atoms with Gasteiger partial charge in [0.05, 0.1) is 12.1 Å². The van der Waals surface area contributed by atoms with Crippen LogP contribution in [0.25, 0.3) is 0 Å². The number of quaternary nitrogens is 1. The summed E-state index contributed by atoms with van der Waals surface area (Å²) in [5.74, 6) is 0.924. The van der Waals surface area contributed by atoms with E-state index >= 15 is 0 Å². The van der Waals surface area contributed by atoms with E-state index in [1.54, 1.807) is 0 Å². The molecule has 0 radical (unpaired) electrons. The minimum atomic E-state index is 0.912. The molecule has 2 aliphatic rings. The van der Waals surface area contributed by atoms with E-state index in [-0.39, 0.29) is 0 Å². The van der Waals surface area contributed by atoms with Gasteiger partial charge in [-0.05, 0) is 51.4 Å². The predicted molar refractivity (Wildman–Crippen MR) is 69.4 cm³/mol. The van der Waals surface area contributed by atoms with Crippen molar-refractivity contribution in [2.24, 2.45) is 5.92 Å². The van der Waals surface area contributed by atoms with Crippen molar-refractivity contribution in [3.8, 4) is 0 Å². The summed E-state index contributed by atoms with van der Waals surface area (Å²) in [7, 11) is 0. The fourth-order valence-corrected chi connectivity index (χ4v) is 3.67. The SMILES string of the molecule is C=CC[C@@H]1CCCC[C@@H]1[NH2+]C1CCCCC1. The lowest BCUT2D eigenvalue weighted by Gasteiger charge is -2.33. The highest BCUT2D eigenvalue weighted by molar-refractivity contribution is 4.81. The summed E-state index contributed by atoms with van der Waals surface area (Å²) in [5.41, 5.74) is 0. The molecule has 0 aromatic rings. The van der Waals surface area contributed by atoms with E-state index in [0.29, 0.717) is 0 Å². The van der Waals surface area contributed by atoms with Crippen LogP contribution in [0, 0.1) is 5.92 Å². The van der Waals surface area contributed by atoms with Crippen molar-refractivity contribution >= 4 is 0 Å². The highest BCUT2D eigenvalue weighted by Crippen LogP contribution is 2.26. The van der Waals surface area contributed by atoms with Gasteiger partial charge in [0.15, 0.2) is 0 Å².